The molecule has 0 aromatic carbocycles. The highest BCUT2D eigenvalue weighted by Gasteiger charge is 2.30. The van der Waals surface area contributed by atoms with Crippen molar-refractivity contribution in [1.82, 2.24) is 10.2 Å². The Balaban J connectivity index is 1.58. The number of rotatable bonds is 1. The number of hydrogen-bond acceptors (Lipinski definition) is 4. The van der Waals surface area contributed by atoms with Crippen LogP contribution in [0.4, 0.5) is 0 Å². The van der Waals surface area contributed by atoms with Gasteiger partial charge < -0.3 is 10.2 Å². The van der Waals surface area contributed by atoms with Gasteiger partial charge in [0.2, 0.25) is 5.91 Å². The minimum absolute atomic E-state index is 0.267. The molecule has 0 bridgehead atoms. The molecular weight excluding hydrogens is 258 g/mol. The molecular formula is C14H23N3OS. The molecule has 2 aliphatic heterocycles. The van der Waals surface area contributed by atoms with Crippen LogP contribution in [0, 0.1) is 5.92 Å². The van der Waals surface area contributed by atoms with Gasteiger partial charge in [-0.25, -0.2) is 0 Å². The molecule has 106 valence electrons. The van der Waals surface area contributed by atoms with Gasteiger partial charge in [-0.15, -0.1) is 0 Å². The molecule has 1 saturated carbocycles. The molecule has 1 N–H and O–H groups in total. The quantitative estimate of drug-likeness (QED) is 0.798. The van der Waals surface area contributed by atoms with Crippen molar-refractivity contribution in [3.8, 4) is 0 Å². The standard InChI is InChI=1S/C14H23N3OS/c1-17-8-11(6-7-13(17)18)15-14-16-12-5-3-2-4-10(12)9-19-14/h10-12H,2-9H2,1H3,(H,15,16). The van der Waals surface area contributed by atoms with Crippen LogP contribution in [0.3, 0.4) is 0 Å². The van der Waals surface area contributed by atoms with Crippen LogP contribution in [0.25, 0.3) is 0 Å². The predicted octanol–water partition coefficient (Wildman–Crippen LogP) is 1.86. The third-order valence-corrected chi connectivity index (χ3v) is 5.63. The van der Waals surface area contributed by atoms with E-state index in [4.69, 9.17) is 4.99 Å². The zero-order valence-electron chi connectivity index (χ0n) is 11.6. The number of piperidine rings is 1. The summed E-state index contributed by atoms with van der Waals surface area (Å²) in [5.74, 6) is 2.29. The van der Waals surface area contributed by atoms with E-state index in [1.165, 1.54) is 31.4 Å². The smallest absolute Gasteiger partial charge is 0.222 e. The fourth-order valence-electron chi connectivity index (χ4n) is 3.31. The fraction of sp³-hybridized carbons (Fsp3) is 0.857. The summed E-state index contributed by atoms with van der Waals surface area (Å²) in [6.45, 7) is 0.812. The zero-order chi connectivity index (χ0) is 13.2. The van der Waals surface area contributed by atoms with E-state index in [-0.39, 0.29) is 5.91 Å². The summed E-state index contributed by atoms with van der Waals surface area (Å²) in [4.78, 5) is 18.2. The van der Waals surface area contributed by atoms with Crippen LogP contribution in [0.15, 0.2) is 4.99 Å². The first kappa shape index (κ1) is 13.3. The van der Waals surface area contributed by atoms with Crippen LogP contribution >= 0.6 is 11.8 Å². The second-order valence-electron chi connectivity index (χ2n) is 6.01. The maximum absolute atomic E-state index is 11.5. The molecule has 1 saturated heterocycles. The Kier molecular flexibility index (Phi) is 4.01. The minimum atomic E-state index is 0.267. The number of carbonyl (C=O) groups excluding carboxylic acids is 1. The van der Waals surface area contributed by atoms with Crippen LogP contribution in [-0.2, 0) is 4.79 Å². The van der Waals surface area contributed by atoms with Crippen LogP contribution < -0.4 is 5.32 Å². The van der Waals surface area contributed by atoms with E-state index in [1.54, 1.807) is 0 Å². The number of amidine groups is 1. The molecule has 3 aliphatic rings. The number of fused-ring (bicyclic) bond motifs is 1. The summed E-state index contributed by atoms with van der Waals surface area (Å²) >= 11 is 1.88. The number of likely N-dealkylation sites (tertiary alicyclic amines) is 1. The van der Waals surface area contributed by atoms with Crippen molar-refractivity contribution in [3.63, 3.8) is 0 Å². The maximum Gasteiger partial charge on any atom is 0.222 e. The van der Waals surface area contributed by atoms with Gasteiger partial charge in [0.15, 0.2) is 5.17 Å². The van der Waals surface area contributed by atoms with Gasteiger partial charge in [-0.2, -0.15) is 0 Å². The lowest BCUT2D eigenvalue weighted by Crippen LogP contribution is -2.49. The van der Waals surface area contributed by atoms with Gasteiger partial charge in [-0.3, -0.25) is 9.79 Å². The van der Waals surface area contributed by atoms with E-state index in [0.29, 0.717) is 18.5 Å². The lowest BCUT2D eigenvalue weighted by Gasteiger charge is -2.35. The Labute approximate surface area is 119 Å². The predicted molar refractivity (Wildman–Crippen MR) is 79.4 cm³/mol. The van der Waals surface area contributed by atoms with Crippen molar-refractivity contribution in [2.24, 2.45) is 10.9 Å². The molecule has 0 spiro atoms. The average molecular weight is 281 g/mol. The highest BCUT2D eigenvalue weighted by molar-refractivity contribution is 8.13. The van der Waals surface area contributed by atoms with E-state index in [1.807, 2.05) is 23.7 Å². The van der Waals surface area contributed by atoms with Crippen LogP contribution in [-0.4, -0.2) is 47.4 Å². The van der Waals surface area contributed by atoms with Gasteiger partial charge in [-0.05, 0) is 25.2 Å². The molecule has 1 amide bonds. The first-order chi connectivity index (χ1) is 9.22. The topological polar surface area (TPSA) is 44.7 Å². The van der Waals surface area contributed by atoms with Gasteiger partial charge in [-0.1, -0.05) is 24.6 Å². The summed E-state index contributed by atoms with van der Waals surface area (Å²) in [7, 11) is 1.89. The van der Waals surface area contributed by atoms with E-state index in [9.17, 15) is 4.79 Å². The fourth-order valence-corrected chi connectivity index (χ4v) is 4.53. The number of nitrogens with one attached hydrogen (secondary N) is 1. The number of nitrogens with zero attached hydrogens (tertiary/aromatic N) is 2. The van der Waals surface area contributed by atoms with Crippen LogP contribution in [0.5, 0.6) is 0 Å². The van der Waals surface area contributed by atoms with Gasteiger partial charge in [0.1, 0.15) is 0 Å². The van der Waals surface area contributed by atoms with Gasteiger partial charge in [0.05, 0.1) is 6.04 Å². The van der Waals surface area contributed by atoms with E-state index in [2.05, 4.69) is 5.32 Å². The van der Waals surface area contributed by atoms with Crippen LogP contribution in [0.2, 0.25) is 0 Å². The number of thioether (sulfide) groups is 1. The first-order valence-electron chi connectivity index (χ1n) is 7.43. The summed E-state index contributed by atoms with van der Waals surface area (Å²) in [6, 6.07) is 0.939. The van der Waals surface area contributed by atoms with Crippen molar-refractivity contribution in [3.05, 3.63) is 0 Å². The molecule has 2 fully saturated rings. The normalized spacial score (nSPS) is 35.6. The Bertz CT molecular complexity index is 385. The second-order valence-corrected chi connectivity index (χ2v) is 7.02. The zero-order valence-corrected chi connectivity index (χ0v) is 12.4. The first-order valence-corrected chi connectivity index (χ1v) is 8.42. The SMILES string of the molecule is CN1CC(NC2=NC3CCCCC3CS2)CCC1=O. The number of carbonyl (C=O) groups is 1. The molecule has 5 heteroatoms. The number of hydrogen-bond donors (Lipinski definition) is 1. The number of likely N-dealkylation sites (N-methyl/N-ethyl adjacent to an activating group) is 1. The lowest BCUT2D eigenvalue weighted by atomic mass is 9.86. The molecule has 0 radical (unpaired) electrons. The Hall–Kier alpha value is -0.710. The molecule has 19 heavy (non-hydrogen) atoms. The molecule has 3 atom stereocenters. The van der Waals surface area contributed by atoms with Crippen molar-refractivity contribution in [2.75, 3.05) is 19.3 Å². The molecule has 4 nitrogen and oxygen atoms in total. The summed E-state index contributed by atoms with van der Waals surface area (Å²) in [5.41, 5.74) is 0. The molecule has 1 aliphatic carbocycles. The van der Waals surface area contributed by atoms with E-state index < -0.39 is 0 Å². The summed E-state index contributed by atoms with van der Waals surface area (Å²) < 4.78 is 0. The Morgan fingerprint density at radius 2 is 2.16 bits per heavy atom. The molecule has 0 aromatic heterocycles. The highest BCUT2D eigenvalue weighted by atomic mass is 32.2. The van der Waals surface area contributed by atoms with Crippen molar-refractivity contribution in [1.29, 1.82) is 0 Å². The maximum atomic E-state index is 11.5. The summed E-state index contributed by atoms with van der Waals surface area (Å²) in [6.07, 6.45) is 6.95. The average Bonchev–Trinajstić information content (AvgIpc) is 2.43. The highest BCUT2D eigenvalue weighted by Crippen LogP contribution is 2.33. The van der Waals surface area contributed by atoms with Crippen molar-refractivity contribution in [2.45, 2.75) is 50.6 Å². The van der Waals surface area contributed by atoms with Crippen molar-refractivity contribution >= 4 is 22.8 Å². The van der Waals surface area contributed by atoms with Crippen molar-refractivity contribution < 1.29 is 4.79 Å². The monoisotopic (exact) mass is 281 g/mol. The van der Waals surface area contributed by atoms with Gasteiger partial charge >= 0.3 is 0 Å². The second kappa shape index (κ2) is 5.73. The third-order valence-electron chi connectivity index (χ3n) is 4.54. The van der Waals surface area contributed by atoms with Crippen LogP contribution in [0.1, 0.15) is 38.5 Å². The van der Waals surface area contributed by atoms with Gasteiger partial charge in [0, 0.05) is 31.8 Å². The molecule has 3 rings (SSSR count). The lowest BCUT2D eigenvalue weighted by molar-refractivity contribution is -0.132. The Morgan fingerprint density at radius 1 is 1.32 bits per heavy atom. The molecule has 3 unspecified atom stereocenters. The van der Waals surface area contributed by atoms with Gasteiger partial charge in [0.25, 0.3) is 0 Å². The van der Waals surface area contributed by atoms with E-state index >= 15 is 0 Å². The largest absolute Gasteiger partial charge is 0.360 e. The van der Waals surface area contributed by atoms with E-state index in [0.717, 1.165) is 24.1 Å². The molecule has 2 heterocycles. The molecule has 0 aromatic rings. The number of amides is 1. The minimum Gasteiger partial charge on any atom is -0.360 e. The number of aliphatic imine (C=N–C) groups is 1. The summed E-state index contributed by atoms with van der Waals surface area (Å²) in [5, 5.41) is 4.68. The third kappa shape index (κ3) is 3.07. The Morgan fingerprint density at radius 3 is 3.00 bits per heavy atom.